The van der Waals surface area contributed by atoms with E-state index in [9.17, 15) is 0 Å². The minimum Gasteiger partial charge on any atom is -1.00 e. The van der Waals surface area contributed by atoms with E-state index in [4.69, 9.17) is 5.73 Å². The molecule has 1 nitrogen and oxygen atoms in total. The summed E-state index contributed by atoms with van der Waals surface area (Å²) in [5, 5.41) is 0. The van der Waals surface area contributed by atoms with Gasteiger partial charge in [0, 0.05) is 6.42 Å². The molecule has 4 heteroatoms. The second kappa shape index (κ2) is 12.0. The van der Waals surface area contributed by atoms with E-state index in [2.05, 4.69) is 12.5 Å². The summed E-state index contributed by atoms with van der Waals surface area (Å²) in [5.74, 6) is 1.30. The lowest BCUT2D eigenvalue weighted by molar-refractivity contribution is -0.00000187. The van der Waals surface area contributed by atoms with Crippen molar-refractivity contribution in [1.82, 2.24) is 0 Å². The third-order valence-electron chi connectivity index (χ3n) is 0.757. The fraction of sp³-hybridized carbons (Fsp3) is 1.00. The minimum atomic E-state index is 0. The molecule has 0 aromatic carbocycles. The largest absolute Gasteiger partial charge is 1.00 e. The van der Waals surface area contributed by atoms with Gasteiger partial charge in [0.15, 0.2) is 0 Å². The van der Waals surface area contributed by atoms with Crippen LogP contribution in [0, 0.1) is 0 Å². The van der Waals surface area contributed by atoms with Gasteiger partial charge in [0.1, 0.15) is 5.75 Å². The van der Waals surface area contributed by atoms with Crippen LogP contribution in [-0.4, -0.2) is 24.8 Å². The molecular weight excluding hydrogens is 266 g/mol. The van der Waals surface area contributed by atoms with Crippen molar-refractivity contribution in [2.24, 2.45) is 5.73 Å². The summed E-state index contributed by atoms with van der Waals surface area (Å²) >= 11 is 0. The highest BCUT2D eigenvalue weighted by Crippen LogP contribution is 1.85. The van der Waals surface area contributed by atoms with Gasteiger partial charge in [-0.1, -0.05) is 0 Å². The summed E-state index contributed by atoms with van der Waals surface area (Å²) in [6, 6.07) is 0. The van der Waals surface area contributed by atoms with Crippen LogP contribution in [0.2, 0.25) is 0 Å². The van der Waals surface area contributed by atoms with Gasteiger partial charge in [0.25, 0.3) is 0 Å². The first kappa shape index (κ1) is 16.7. The van der Waals surface area contributed by atoms with Crippen LogP contribution >= 0.6 is 17.0 Å². The van der Waals surface area contributed by atoms with Gasteiger partial charge in [-0.25, -0.2) is 0 Å². The van der Waals surface area contributed by atoms with Crippen molar-refractivity contribution in [1.29, 1.82) is 0 Å². The molecule has 0 aromatic rings. The molecule has 0 aliphatic heterocycles. The molecular formula is C5H15Br2NS. The summed E-state index contributed by atoms with van der Waals surface area (Å²) in [5.41, 5.74) is 5.28. The molecule has 0 aromatic heterocycles. The predicted octanol–water partition coefficient (Wildman–Crippen LogP) is -2.20. The van der Waals surface area contributed by atoms with Crippen LogP contribution in [-0.2, 0) is 10.9 Å². The predicted molar refractivity (Wildman–Crippen MR) is 48.1 cm³/mol. The fourth-order valence-corrected chi connectivity index (χ4v) is 1.12. The number of nitrogens with two attached hydrogens (primary N) is 1. The van der Waals surface area contributed by atoms with E-state index in [-0.39, 0.29) is 34.0 Å². The maximum Gasteiger partial charge on any atom is 0.108 e. The van der Waals surface area contributed by atoms with E-state index in [0.29, 0.717) is 10.9 Å². The van der Waals surface area contributed by atoms with Gasteiger partial charge >= 0.3 is 0 Å². The lowest BCUT2D eigenvalue weighted by Gasteiger charge is -1.91. The first-order chi connectivity index (χ1) is 3.27. The van der Waals surface area contributed by atoms with Crippen molar-refractivity contribution >= 4 is 27.9 Å². The number of rotatable bonds is 3. The maximum atomic E-state index is 5.28. The SMILES string of the molecule is Br.C[S+](C)CCCN.[Br-]. The zero-order chi connectivity index (χ0) is 5.70. The van der Waals surface area contributed by atoms with Gasteiger partial charge in [0.05, 0.1) is 12.5 Å². The highest BCUT2D eigenvalue weighted by Gasteiger charge is 1.97. The Bertz CT molecular complexity index is 43.9. The Labute approximate surface area is 81.7 Å². The summed E-state index contributed by atoms with van der Waals surface area (Å²) < 4.78 is 0. The molecule has 0 unspecified atom stereocenters. The molecule has 0 heterocycles. The van der Waals surface area contributed by atoms with E-state index < -0.39 is 0 Å². The van der Waals surface area contributed by atoms with Gasteiger partial charge < -0.3 is 22.7 Å². The molecule has 60 valence electrons. The van der Waals surface area contributed by atoms with Crippen molar-refractivity contribution < 1.29 is 17.0 Å². The summed E-state index contributed by atoms with van der Waals surface area (Å²) in [6.45, 7) is 0.852. The van der Waals surface area contributed by atoms with Crippen molar-refractivity contribution in [3.05, 3.63) is 0 Å². The third-order valence-corrected chi connectivity index (χ3v) is 1.86. The van der Waals surface area contributed by atoms with Crippen molar-refractivity contribution in [3.8, 4) is 0 Å². The van der Waals surface area contributed by atoms with Crippen LogP contribution in [0.25, 0.3) is 0 Å². The summed E-state index contributed by atoms with van der Waals surface area (Å²) in [6.07, 6.45) is 5.68. The van der Waals surface area contributed by atoms with Crippen LogP contribution in [0.15, 0.2) is 0 Å². The maximum absolute atomic E-state index is 5.28. The van der Waals surface area contributed by atoms with E-state index in [0.717, 1.165) is 6.54 Å². The molecule has 0 fully saturated rings. The fourth-order valence-electron chi connectivity index (χ4n) is 0.372. The second-order valence-corrected chi connectivity index (χ2v) is 4.21. The molecule has 0 radical (unpaired) electrons. The molecule has 0 aliphatic carbocycles. The lowest BCUT2D eigenvalue weighted by atomic mass is 10.5. The molecule has 0 rings (SSSR count). The van der Waals surface area contributed by atoms with Gasteiger partial charge in [-0.2, -0.15) is 0 Å². The normalized spacial score (nSPS) is 8.00. The zero-order valence-corrected chi connectivity index (χ0v) is 10.0. The Morgan fingerprint density at radius 3 is 1.89 bits per heavy atom. The Morgan fingerprint density at radius 2 is 1.78 bits per heavy atom. The van der Waals surface area contributed by atoms with Gasteiger partial charge in [-0.3, -0.25) is 0 Å². The van der Waals surface area contributed by atoms with E-state index >= 15 is 0 Å². The molecule has 0 atom stereocenters. The Kier molecular flexibility index (Phi) is 22.3. The summed E-state index contributed by atoms with van der Waals surface area (Å²) in [7, 11) is 0.605. The van der Waals surface area contributed by atoms with E-state index in [1.807, 2.05) is 0 Å². The molecule has 0 amide bonds. The third kappa shape index (κ3) is 17.6. The molecule has 0 saturated carbocycles. The van der Waals surface area contributed by atoms with E-state index in [1.54, 1.807) is 0 Å². The smallest absolute Gasteiger partial charge is 0.108 e. The Morgan fingerprint density at radius 1 is 1.33 bits per heavy atom. The average Bonchev–Trinajstić information content (AvgIpc) is 1.61. The number of hydrogen-bond acceptors (Lipinski definition) is 1. The van der Waals surface area contributed by atoms with Crippen LogP contribution in [0.5, 0.6) is 0 Å². The average molecular weight is 281 g/mol. The Balaban J connectivity index is -0.000000180. The van der Waals surface area contributed by atoms with E-state index in [1.165, 1.54) is 12.2 Å². The molecule has 2 N–H and O–H groups in total. The van der Waals surface area contributed by atoms with Crippen molar-refractivity contribution in [3.63, 3.8) is 0 Å². The molecule has 0 bridgehead atoms. The highest BCUT2D eigenvalue weighted by molar-refractivity contribution is 8.93. The second-order valence-electron chi connectivity index (χ2n) is 1.83. The minimum absolute atomic E-state index is 0. The summed E-state index contributed by atoms with van der Waals surface area (Å²) in [4.78, 5) is 0. The topological polar surface area (TPSA) is 26.0 Å². The molecule has 9 heavy (non-hydrogen) atoms. The van der Waals surface area contributed by atoms with Crippen LogP contribution in [0.1, 0.15) is 6.42 Å². The highest BCUT2D eigenvalue weighted by atomic mass is 79.9. The molecule has 0 saturated heterocycles. The first-order valence-corrected chi connectivity index (χ1v) is 4.72. The van der Waals surface area contributed by atoms with Crippen LogP contribution in [0.4, 0.5) is 0 Å². The quantitative estimate of drug-likeness (QED) is 0.584. The molecule has 0 aliphatic rings. The van der Waals surface area contributed by atoms with Crippen LogP contribution in [0.3, 0.4) is 0 Å². The monoisotopic (exact) mass is 279 g/mol. The van der Waals surface area contributed by atoms with Crippen molar-refractivity contribution in [2.45, 2.75) is 6.42 Å². The van der Waals surface area contributed by atoms with Crippen LogP contribution < -0.4 is 22.7 Å². The Hall–Kier alpha value is 1.27. The van der Waals surface area contributed by atoms with Gasteiger partial charge in [-0.15, -0.1) is 17.0 Å². The number of hydrogen-bond donors (Lipinski definition) is 1. The lowest BCUT2D eigenvalue weighted by Crippen LogP contribution is -3.00. The van der Waals surface area contributed by atoms with Crippen molar-refractivity contribution in [2.75, 3.05) is 24.8 Å². The first-order valence-electron chi connectivity index (χ1n) is 2.51. The number of halogens is 2. The zero-order valence-electron chi connectivity index (χ0n) is 5.89. The molecule has 0 spiro atoms. The standard InChI is InChI=1S/C5H14NS.2BrH/c1-7(2)5-3-4-6;;/h3-6H2,1-2H3;2*1H/q+1;;/p-1. The van der Waals surface area contributed by atoms with Gasteiger partial charge in [0.2, 0.25) is 0 Å². The van der Waals surface area contributed by atoms with Gasteiger partial charge in [-0.05, 0) is 17.4 Å².